The molecule has 0 amide bonds. The van der Waals surface area contributed by atoms with Gasteiger partial charge in [0.1, 0.15) is 18.2 Å². The van der Waals surface area contributed by atoms with Crippen molar-refractivity contribution in [1.82, 2.24) is 0 Å². The molecule has 0 unspecified atom stereocenters. The highest BCUT2D eigenvalue weighted by atomic mass is 35.5. The van der Waals surface area contributed by atoms with Crippen LogP contribution >= 0.6 is 11.6 Å². The minimum atomic E-state index is -1.09. The molecule has 0 aromatic heterocycles. The lowest BCUT2D eigenvalue weighted by atomic mass is 10.1. The van der Waals surface area contributed by atoms with Crippen LogP contribution in [-0.2, 0) is 11.4 Å². The molecule has 0 aliphatic rings. The molecule has 0 aliphatic carbocycles. The van der Waals surface area contributed by atoms with Crippen molar-refractivity contribution in [3.05, 3.63) is 70.5 Å². The number of carboxylic acid groups (broad SMARTS) is 1. The minimum absolute atomic E-state index is 0.159. The third-order valence-electron chi connectivity index (χ3n) is 2.60. The van der Waals surface area contributed by atoms with Crippen LogP contribution in [0.3, 0.4) is 0 Å². The standard InChI is InChI=1S/C16H12ClFO3/c17-13-2-1-3-15(9-13)21-10-12-6-11(4-5-16(19)20)7-14(18)8-12/h1-9H,10H2,(H,19,20). The van der Waals surface area contributed by atoms with Crippen LogP contribution in [0.1, 0.15) is 11.1 Å². The molecule has 5 heteroatoms. The largest absolute Gasteiger partial charge is 0.489 e. The van der Waals surface area contributed by atoms with E-state index in [2.05, 4.69) is 0 Å². The van der Waals surface area contributed by atoms with Gasteiger partial charge >= 0.3 is 5.97 Å². The van der Waals surface area contributed by atoms with E-state index in [0.29, 0.717) is 21.9 Å². The Bertz CT molecular complexity index is 683. The van der Waals surface area contributed by atoms with Crippen molar-refractivity contribution in [2.24, 2.45) is 0 Å². The molecule has 2 rings (SSSR count). The summed E-state index contributed by atoms with van der Waals surface area (Å²) >= 11 is 5.84. The van der Waals surface area contributed by atoms with Crippen LogP contribution < -0.4 is 4.74 Å². The van der Waals surface area contributed by atoms with Crippen LogP contribution in [0.4, 0.5) is 4.39 Å². The van der Waals surface area contributed by atoms with E-state index in [1.807, 2.05) is 0 Å². The van der Waals surface area contributed by atoms with Gasteiger partial charge in [-0.1, -0.05) is 17.7 Å². The molecule has 0 radical (unpaired) electrons. The number of carbonyl (C=O) groups is 1. The summed E-state index contributed by atoms with van der Waals surface area (Å²) in [6.07, 6.45) is 2.28. The highest BCUT2D eigenvalue weighted by Gasteiger charge is 2.02. The number of benzene rings is 2. The molecule has 0 aliphatic heterocycles. The second-order valence-corrected chi connectivity index (χ2v) is 4.75. The summed E-state index contributed by atoms with van der Waals surface area (Å²) in [5.41, 5.74) is 1.06. The van der Waals surface area contributed by atoms with E-state index in [0.717, 1.165) is 6.08 Å². The summed E-state index contributed by atoms with van der Waals surface area (Å²) in [7, 11) is 0. The van der Waals surface area contributed by atoms with Gasteiger partial charge in [-0.05, 0) is 53.6 Å². The summed E-state index contributed by atoms with van der Waals surface area (Å²) in [5, 5.41) is 9.13. The van der Waals surface area contributed by atoms with Crippen molar-refractivity contribution in [1.29, 1.82) is 0 Å². The van der Waals surface area contributed by atoms with Gasteiger partial charge in [0, 0.05) is 11.1 Å². The molecular formula is C16H12ClFO3. The van der Waals surface area contributed by atoms with Gasteiger partial charge < -0.3 is 9.84 Å². The Balaban J connectivity index is 2.11. The lowest BCUT2D eigenvalue weighted by Gasteiger charge is -2.07. The van der Waals surface area contributed by atoms with Gasteiger partial charge in [0.25, 0.3) is 0 Å². The zero-order chi connectivity index (χ0) is 15.2. The van der Waals surface area contributed by atoms with Crippen molar-refractivity contribution in [3.63, 3.8) is 0 Å². The number of rotatable bonds is 5. The van der Waals surface area contributed by atoms with Gasteiger partial charge in [-0.3, -0.25) is 0 Å². The van der Waals surface area contributed by atoms with E-state index in [-0.39, 0.29) is 6.61 Å². The number of carboxylic acids is 1. The second-order valence-electron chi connectivity index (χ2n) is 4.31. The summed E-state index contributed by atoms with van der Waals surface area (Å²) in [6.45, 7) is 0.159. The fraction of sp³-hybridized carbons (Fsp3) is 0.0625. The highest BCUT2D eigenvalue weighted by molar-refractivity contribution is 6.30. The lowest BCUT2D eigenvalue weighted by Crippen LogP contribution is -1.97. The Morgan fingerprint density at radius 2 is 2.10 bits per heavy atom. The molecule has 0 fully saturated rings. The topological polar surface area (TPSA) is 46.5 Å². The number of hydrogen-bond acceptors (Lipinski definition) is 2. The van der Waals surface area contributed by atoms with E-state index in [1.165, 1.54) is 18.2 Å². The van der Waals surface area contributed by atoms with Crippen molar-refractivity contribution in [3.8, 4) is 5.75 Å². The molecular weight excluding hydrogens is 295 g/mol. The van der Waals surface area contributed by atoms with Crippen LogP contribution in [0, 0.1) is 5.82 Å². The maximum absolute atomic E-state index is 13.5. The van der Waals surface area contributed by atoms with Crippen LogP contribution in [0.2, 0.25) is 5.02 Å². The molecule has 108 valence electrons. The number of aliphatic carboxylic acids is 1. The SMILES string of the molecule is O=C(O)C=Cc1cc(F)cc(COc2cccc(Cl)c2)c1. The fourth-order valence-corrected chi connectivity index (χ4v) is 1.93. The molecule has 0 heterocycles. The molecule has 0 saturated carbocycles. The van der Waals surface area contributed by atoms with E-state index in [1.54, 1.807) is 30.3 Å². The van der Waals surface area contributed by atoms with E-state index < -0.39 is 11.8 Å². The average molecular weight is 307 g/mol. The van der Waals surface area contributed by atoms with Crippen LogP contribution in [-0.4, -0.2) is 11.1 Å². The highest BCUT2D eigenvalue weighted by Crippen LogP contribution is 2.19. The van der Waals surface area contributed by atoms with Crippen LogP contribution in [0.5, 0.6) is 5.75 Å². The van der Waals surface area contributed by atoms with Gasteiger partial charge in [-0.2, -0.15) is 0 Å². The molecule has 2 aromatic rings. The lowest BCUT2D eigenvalue weighted by molar-refractivity contribution is -0.131. The van der Waals surface area contributed by atoms with E-state index in [4.69, 9.17) is 21.4 Å². The Morgan fingerprint density at radius 1 is 1.29 bits per heavy atom. The first kappa shape index (κ1) is 15.1. The maximum Gasteiger partial charge on any atom is 0.328 e. The normalized spacial score (nSPS) is 10.8. The van der Waals surface area contributed by atoms with Gasteiger partial charge in [0.2, 0.25) is 0 Å². The van der Waals surface area contributed by atoms with Crippen molar-refractivity contribution in [2.45, 2.75) is 6.61 Å². The Kier molecular flexibility index (Phi) is 4.95. The van der Waals surface area contributed by atoms with Crippen molar-refractivity contribution in [2.75, 3.05) is 0 Å². The van der Waals surface area contributed by atoms with E-state index >= 15 is 0 Å². The first-order valence-corrected chi connectivity index (χ1v) is 6.49. The molecule has 0 spiro atoms. The van der Waals surface area contributed by atoms with Crippen LogP contribution in [0.15, 0.2) is 48.5 Å². The predicted octanol–water partition coefficient (Wildman–Crippen LogP) is 4.16. The number of halogens is 2. The zero-order valence-corrected chi connectivity index (χ0v) is 11.7. The summed E-state index contributed by atoms with van der Waals surface area (Å²) in [6, 6.07) is 11.1. The van der Waals surface area contributed by atoms with E-state index in [9.17, 15) is 9.18 Å². The van der Waals surface area contributed by atoms with Gasteiger partial charge in [0.15, 0.2) is 0 Å². The molecule has 21 heavy (non-hydrogen) atoms. The number of ether oxygens (including phenoxy) is 1. The monoisotopic (exact) mass is 306 g/mol. The fourth-order valence-electron chi connectivity index (χ4n) is 1.75. The van der Waals surface area contributed by atoms with Gasteiger partial charge in [0.05, 0.1) is 0 Å². The Morgan fingerprint density at radius 3 is 2.81 bits per heavy atom. The maximum atomic E-state index is 13.5. The molecule has 1 N–H and O–H groups in total. The molecule has 0 bridgehead atoms. The minimum Gasteiger partial charge on any atom is -0.489 e. The smallest absolute Gasteiger partial charge is 0.328 e. The molecule has 0 saturated heterocycles. The third kappa shape index (κ3) is 4.93. The Hall–Kier alpha value is -2.33. The average Bonchev–Trinajstić information content (AvgIpc) is 2.43. The van der Waals surface area contributed by atoms with Crippen molar-refractivity contribution < 1.29 is 19.0 Å². The quantitative estimate of drug-likeness (QED) is 0.844. The summed E-state index contributed by atoms with van der Waals surface area (Å²) in [5.74, 6) is -0.961. The second kappa shape index (κ2) is 6.90. The zero-order valence-electron chi connectivity index (χ0n) is 10.9. The first-order valence-electron chi connectivity index (χ1n) is 6.12. The van der Waals surface area contributed by atoms with Gasteiger partial charge in [-0.15, -0.1) is 0 Å². The Labute approximate surface area is 126 Å². The van der Waals surface area contributed by atoms with Crippen LogP contribution in [0.25, 0.3) is 6.08 Å². The molecule has 0 atom stereocenters. The molecule has 3 nitrogen and oxygen atoms in total. The third-order valence-corrected chi connectivity index (χ3v) is 2.83. The van der Waals surface area contributed by atoms with Crippen molar-refractivity contribution >= 4 is 23.6 Å². The van der Waals surface area contributed by atoms with Gasteiger partial charge in [-0.25, -0.2) is 9.18 Å². The summed E-state index contributed by atoms with van der Waals surface area (Å²) < 4.78 is 19.0. The predicted molar refractivity (Wildman–Crippen MR) is 78.9 cm³/mol. The molecule has 2 aromatic carbocycles. The first-order chi connectivity index (χ1) is 10.0. The summed E-state index contributed by atoms with van der Waals surface area (Å²) in [4.78, 5) is 10.5. The number of hydrogen-bond donors (Lipinski definition) is 1.